The van der Waals surface area contributed by atoms with Crippen molar-refractivity contribution in [3.05, 3.63) is 37.9 Å². The lowest BCUT2D eigenvalue weighted by molar-refractivity contribution is -0.392. The average Bonchev–Trinajstić information content (AvgIpc) is 2.25. The molecule has 0 fully saturated rings. The number of benzene rings is 1. The van der Waals surface area contributed by atoms with Gasteiger partial charge in [-0.05, 0) is 0 Å². The van der Waals surface area contributed by atoms with Crippen molar-refractivity contribution in [2.24, 2.45) is 0 Å². The maximum Gasteiger partial charge on any atom is 0.416 e. The number of nitrogens with zero attached hydrogens (tertiary/aromatic N) is 2. The van der Waals surface area contributed by atoms with Crippen LogP contribution in [0.2, 0.25) is 0 Å². The van der Waals surface area contributed by atoms with E-state index in [1.165, 1.54) is 0 Å². The van der Waals surface area contributed by atoms with Crippen LogP contribution in [-0.2, 0) is 6.18 Å². The molecule has 0 spiro atoms. The quantitative estimate of drug-likeness (QED) is 0.668. The van der Waals surface area contributed by atoms with Gasteiger partial charge in [0.1, 0.15) is 0 Å². The van der Waals surface area contributed by atoms with Crippen molar-refractivity contribution in [2.75, 3.05) is 12.4 Å². The Morgan fingerprint density at radius 3 is 1.72 bits per heavy atom. The van der Waals surface area contributed by atoms with E-state index in [9.17, 15) is 33.4 Å². The molecule has 0 aliphatic heterocycles. The molecular weight excluding hydrogens is 259 g/mol. The lowest BCUT2D eigenvalue weighted by Gasteiger charge is -2.09. The van der Waals surface area contributed by atoms with E-state index in [1.807, 2.05) is 0 Å². The molecule has 0 atom stereocenters. The zero-order valence-corrected chi connectivity index (χ0v) is 8.82. The van der Waals surface area contributed by atoms with E-state index in [1.54, 1.807) is 0 Å². The minimum Gasteiger partial charge on any atom is -0.377 e. The number of nitro groups is 2. The Bertz CT molecular complexity index is 480. The normalized spacial score (nSPS) is 11.1. The predicted molar refractivity (Wildman–Crippen MR) is 54.3 cm³/mol. The first-order valence-electron chi connectivity index (χ1n) is 4.40. The van der Waals surface area contributed by atoms with Crippen LogP contribution in [-0.4, -0.2) is 16.9 Å². The van der Waals surface area contributed by atoms with Crippen molar-refractivity contribution in [2.45, 2.75) is 6.18 Å². The van der Waals surface area contributed by atoms with Crippen LogP contribution in [0.25, 0.3) is 0 Å². The Balaban J connectivity index is 3.65. The van der Waals surface area contributed by atoms with Gasteiger partial charge in [-0.3, -0.25) is 20.2 Å². The molecule has 7 nitrogen and oxygen atoms in total. The van der Waals surface area contributed by atoms with Gasteiger partial charge < -0.3 is 5.32 Å². The van der Waals surface area contributed by atoms with E-state index in [0.717, 1.165) is 7.05 Å². The Morgan fingerprint density at radius 1 is 1.11 bits per heavy atom. The lowest BCUT2D eigenvalue weighted by Crippen LogP contribution is -2.09. The standard InChI is InChI=1S/C8H6F3N3O4/c1-12-7-5(13(15)16)2-4(8(9,10)11)3-6(7)14(17)18/h2-3,12H,1H3. The minimum atomic E-state index is -4.90. The SMILES string of the molecule is CNc1c([N+](=O)[O-])cc(C(F)(F)F)cc1[N+](=O)[O-]. The van der Waals surface area contributed by atoms with Gasteiger partial charge >= 0.3 is 6.18 Å². The third-order valence-corrected chi connectivity index (χ3v) is 2.07. The first kappa shape index (κ1) is 13.7. The fraction of sp³-hybridized carbons (Fsp3) is 0.250. The van der Waals surface area contributed by atoms with Gasteiger partial charge in [-0.15, -0.1) is 0 Å². The highest BCUT2D eigenvalue weighted by Crippen LogP contribution is 2.40. The largest absolute Gasteiger partial charge is 0.416 e. The third kappa shape index (κ3) is 2.47. The third-order valence-electron chi connectivity index (χ3n) is 2.07. The van der Waals surface area contributed by atoms with Gasteiger partial charge in [0, 0.05) is 19.2 Å². The number of anilines is 1. The zero-order valence-electron chi connectivity index (χ0n) is 8.82. The van der Waals surface area contributed by atoms with Gasteiger partial charge in [-0.2, -0.15) is 13.2 Å². The van der Waals surface area contributed by atoms with E-state index in [2.05, 4.69) is 5.32 Å². The topological polar surface area (TPSA) is 98.3 Å². The minimum absolute atomic E-state index is 0.249. The second-order valence-corrected chi connectivity index (χ2v) is 3.15. The van der Waals surface area contributed by atoms with Gasteiger partial charge in [0.15, 0.2) is 5.69 Å². The van der Waals surface area contributed by atoms with Gasteiger partial charge in [-0.1, -0.05) is 0 Å². The predicted octanol–water partition coefficient (Wildman–Crippen LogP) is 2.56. The molecule has 10 heteroatoms. The number of hydrogen-bond acceptors (Lipinski definition) is 5. The molecule has 0 saturated heterocycles. The van der Waals surface area contributed by atoms with Crippen LogP contribution < -0.4 is 5.32 Å². The van der Waals surface area contributed by atoms with Gasteiger partial charge in [0.05, 0.1) is 15.4 Å². The van der Waals surface area contributed by atoms with Crippen molar-refractivity contribution >= 4 is 17.1 Å². The van der Waals surface area contributed by atoms with Crippen LogP contribution in [0, 0.1) is 20.2 Å². The number of rotatable bonds is 3. The fourth-order valence-electron chi connectivity index (χ4n) is 1.32. The van der Waals surface area contributed by atoms with Crippen LogP contribution in [0.1, 0.15) is 5.56 Å². The Morgan fingerprint density at radius 2 is 1.50 bits per heavy atom. The molecule has 0 aliphatic rings. The molecule has 0 unspecified atom stereocenters. The molecule has 98 valence electrons. The van der Waals surface area contributed by atoms with Crippen molar-refractivity contribution in [3.8, 4) is 0 Å². The number of nitrogens with one attached hydrogen (secondary N) is 1. The molecule has 0 saturated carbocycles. The Labute approximate surface area is 97.5 Å². The summed E-state index contributed by atoms with van der Waals surface area (Å²) in [7, 11) is 1.14. The molecule has 1 rings (SSSR count). The van der Waals surface area contributed by atoms with Crippen molar-refractivity contribution < 1.29 is 23.0 Å². The van der Waals surface area contributed by atoms with Gasteiger partial charge in [-0.25, -0.2) is 0 Å². The summed E-state index contributed by atoms with van der Waals surface area (Å²) in [6.45, 7) is 0. The number of hydrogen-bond donors (Lipinski definition) is 1. The molecule has 1 N–H and O–H groups in total. The van der Waals surface area contributed by atoms with E-state index >= 15 is 0 Å². The molecule has 0 amide bonds. The van der Waals surface area contributed by atoms with Gasteiger partial charge in [0.2, 0.25) is 0 Å². The van der Waals surface area contributed by atoms with Crippen molar-refractivity contribution in [1.82, 2.24) is 0 Å². The molecule has 1 aromatic carbocycles. The second-order valence-electron chi connectivity index (χ2n) is 3.15. The average molecular weight is 265 g/mol. The summed E-state index contributed by atoms with van der Waals surface area (Å²) in [5.74, 6) is 0. The highest BCUT2D eigenvalue weighted by atomic mass is 19.4. The van der Waals surface area contributed by atoms with Crippen LogP contribution in [0.5, 0.6) is 0 Å². The number of alkyl halides is 3. The highest BCUT2D eigenvalue weighted by molar-refractivity contribution is 5.74. The van der Waals surface area contributed by atoms with E-state index in [0.29, 0.717) is 0 Å². The van der Waals surface area contributed by atoms with Crippen molar-refractivity contribution in [1.29, 1.82) is 0 Å². The van der Waals surface area contributed by atoms with Crippen LogP contribution in [0.15, 0.2) is 12.1 Å². The van der Waals surface area contributed by atoms with Crippen LogP contribution >= 0.6 is 0 Å². The number of nitro benzene ring substituents is 2. The Kier molecular flexibility index (Phi) is 3.39. The first-order chi connectivity index (χ1) is 8.18. The van der Waals surface area contributed by atoms with E-state index < -0.39 is 38.6 Å². The fourth-order valence-corrected chi connectivity index (χ4v) is 1.32. The highest BCUT2D eigenvalue weighted by Gasteiger charge is 2.37. The van der Waals surface area contributed by atoms with E-state index in [-0.39, 0.29) is 12.1 Å². The summed E-state index contributed by atoms with van der Waals surface area (Å²) in [5.41, 5.74) is -4.02. The molecule has 0 aliphatic carbocycles. The van der Waals surface area contributed by atoms with Gasteiger partial charge in [0.25, 0.3) is 11.4 Å². The molecule has 0 aromatic heterocycles. The molecular formula is C8H6F3N3O4. The summed E-state index contributed by atoms with van der Waals surface area (Å²) in [5, 5.41) is 23.4. The Hall–Kier alpha value is -2.39. The summed E-state index contributed by atoms with van der Waals surface area (Å²) in [4.78, 5) is 19.0. The number of halogens is 3. The van der Waals surface area contributed by atoms with E-state index in [4.69, 9.17) is 0 Å². The summed E-state index contributed by atoms with van der Waals surface area (Å²) in [6.07, 6.45) is -4.90. The smallest absolute Gasteiger partial charge is 0.377 e. The monoisotopic (exact) mass is 265 g/mol. The second kappa shape index (κ2) is 4.47. The summed E-state index contributed by atoms with van der Waals surface area (Å²) >= 11 is 0. The maximum atomic E-state index is 12.4. The molecule has 0 heterocycles. The first-order valence-corrected chi connectivity index (χ1v) is 4.40. The van der Waals surface area contributed by atoms with Crippen LogP contribution in [0.4, 0.5) is 30.2 Å². The molecule has 18 heavy (non-hydrogen) atoms. The molecule has 1 aromatic rings. The maximum absolute atomic E-state index is 12.4. The van der Waals surface area contributed by atoms with Crippen LogP contribution in [0.3, 0.4) is 0 Å². The summed E-state index contributed by atoms with van der Waals surface area (Å²) < 4.78 is 37.3. The van der Waals surface area contributed by atoms with Crippen molar-refractivity contribution in [3.63, 3.8) is 0 Å². The molecule has 0 bridgehead atoms. The summed E-state index contributed by atoms with van der Waals surface area (Å²) in [6, 6.07) is 0.498. The lowest BCUT2D eigenvalue weighted by atomic mass is 10.1. The zero-order chi connectivity index (χ0) is 14.1. The molecule has 0 radical (unpaired) electrons.